The van der Waals surface area contributed by atoms with Crippen molar-refractivity contribution >= 4 is 23.5 Å². The third-order valence-corrected chi connectivity index (χ3v) is 5.48. The molecule has 94 valence electrons. The first-order valence-corrected chi connectivity index (χ1v) is 8.52. The van der Waals surface area contributed by atoms with Crippen LogP contribution >= 0.6 is 23.5 Å². The topological polar surface area (TPSA) is 24.9 Å². The van der Waals surface area contributed by atoms with Crippen molar-refractivity contribution < 1.29 is 0 Å². The van der Waals surface area contributed by atoms with Gasteiger partial charge in [0.05, 0.1) is 0 Å². The second kappa shape index (κ2) is 7.29. The summed E-state index contributed by atoms with van der Waals surface area (Å²) >= 11 is 4.15. The molecule has 0 aliphatic carbocycles. The van der Waals surface area contributed by atoms with Crippen molar-refractivity contribution in [2.75, 3.05) is 23.0 Å². The summed E-state index contributed by atoms with van der Waals surface area (Å²) in [7, 11) is 0. The molecule has 1 aromatic heterocycles. The van der Waals surface area contributed by atoms with E-state index >= 15 is 0 Å². The number of nitrogens with one attached hydrogen (secondary N) is 1. The summed E-state index contributed by atoms with van der Waals surface area (Å²) in [5, 5.41) is 3.79. The molecule has 2 rings (SSSR count). The SMILES string of the molecule is CCC(NC1CSCCSC1)c1ccncc1. The highest BCUT2D eigenvalue weighted by Gasteiger charge is 2.17. The highest BCUT2D eigenvalue weighted by molar-refractivity contribution is 8.03. The van der Waals surface area contributed by atoms with Gasteiger partial charge in [-0.3, -0.25) is 4.98 Å². The Hall–Kier alpha value is -0.190. The quantitative estimate of drug-likeness (QED) is 0.907. The second-order valence-electron chi connectivity index (χ2n) is 4.25. The van der Waals surface area contributed by atoms with Gasteiger partial charge in [-0.2, -0.15) is 23.5 Å². The van der Waals surface area contributed by atoms with Crippen molar-refractivity contribution in [2.24, 2.45) is 0 Å². The molecule has 17 heavy (non-hydrogen) atoms. The number of pyridine rings is 1. The Kier molecular flexibility index (Phi) is 5.68. The molecular formula is C13H20N2S2. The van der Waals surface area contributed by atoms with Crippen LogP contribution < -0.4 is 5.32 Å². The number of aromatic nitrogens is 1. The molecule has 0 saturated carbocycles. The van der Waals surface area contributed by atoms with Gasteiger partial charge in [-0.05, 0) is 24.1 Å². The van der Waals surface area contributed by atoms with E-state index in [1.165, 1.54) is 28.6 Å². The number of rotatable bonds is 4. The van der Waals surface area contributed by atoms with E-state index in [-0.39, 0.29) is 0 Å². The van der Waals surface area contributed by atoms with Gasteiger partial charge in [0.1, 0.15) is 0 Å². The van der Waals surface area contributed by atoms with E-state index in [1.807, 2.05) is 12.4 Å². The van der Waals surface area contributed by atoms with Gasteiger partial charge in [0, 0.05) is 47.5 Å². The van der Waals surface area contributed by atoms with Crippen molar-refractivity contribution in [3.05, 3.63) is 30.1 Å². The summed E-state index contributed by atoms with van der Waals surface area (Å²) in [6.07, 6.45) is 4.91. The van der Waals surface area contributed by atoms with E-state index in [4.69, 9.17) is 0 Å². The number of nitrogens with zero attached hydrogens (tertiary/aromatic N) is 1. The lowest BCUT2D eigenvalue weighted by molar-refractivity contribution is 0.474. The molecule has 1 unspecified atom stereocenters. The maximum Gasteiger partial charge on any atom is 0.0321 e. The Labute approximate surface area is 112 Å². The molecule has 0 bridgehead atoms. The summed E-state index contributed by atoms with van der Waals surface area (Å²) < 4.78 is 0. The van der Waals surface area contributed by atoms with E-state index in [1.54, 1.807) is 0 Å². The Balaban J connectivity index is 1.94. The average Bonchev–Trinajstić information content (AvgIpc) is 2.65. The van der Waals surface area contributed by atoms with Crippen LogP contribution in [0.2, 0.25) is 0 Å². The van der Waals surface area contributed by atoms with Crippen LogP contribution in [0.4, 0.5) is 0 Å². The zero-order chi connectivity index (χ0) is 11.9. The summed E-state index contributed by atoms with van der Waals surface area (Å²) in [6, 6.07) is 5.36. The van der Waals surface area contributed by atoms with E-state index in [0.717, 1.165) is 6.42 Å². The van der Waals surface area contributed by atoms with Gasteiger partial charge in [-0.1, -0.05) is 6.92 Å². The van der Waals surface area contributed by atoms with Gasteiger partial charge in [-0.15, -0.1) is 0 Å². The lowest BCUT2D eigenvalue weighted by atomic mass is 10.1. The Bertz CT molecular complexity index is 310. The molecule has 0 radical (unpaired) electrons. The van der Waals surface area contributed by atoms with Crippen LogP contribution in [0, 0.1) is 0 Å². The van der Waals surface area contributed by atoms with Crippen LogP contribution in [-0.2, 0) is 0 Å². The molecule has 1 aliphatic rings. The minimum absolute atomic E-state index is 0.474. The molecule has 1 saturated heterocycles. The van der Waals surface area contributed by atoms with E-state index < -0.39 is 0 Å². The fourth-order valence-electron chi connectivity index (χ4n) is 2.04. The first kappa shape index (κ1) is 13.2. The standard InChI is InChI=1S/C13H20N2S2/c1-2-13(11-3-5-14-6-4-11)15-12-9-16-7-8-17-10-12/h3-6,12-13,15H,2,7-10H2,1H3. The normalized spacial score (nSPS) is 19.8. The van der Waals surface area contributed by atoms with Gasteiger partial charge in [0.25, 0.3) is 0 Å². The first-order chi connectivity index (χ1) is 8.40. The Morgan fingerprint density at radius 3 is 2.53 bits per heavy atom. The van der Waals surface area contributed by atoms with Crippen molar-refractivity contribution in [3.63, 3.8) is 0 Å². The molecule has 1 fully saturated rings. The molecular weight excluding hydrogens is 248 g/mol. The van der Waals surface area contributed by atoms with E-state index in [9.17, 15) is 0 Å². The molecule has 1 aliphatic heterocycles. The van der Waals surface area contributed by atoms with Crippen LogP contribution in [0.15, 0.2) is 24.5 Å². The predicted molar refractivity (Wildman–Crippen MR) is 78.8 cm³/mol. The minimum Gasteiger partial charge on any atom is -0.306 e. The van der Waals surface area contributed by atoms with Crippen LogP contribution in [0.5, 0.6) is 0 Å². The predicted octanol–water partition coefficient (Wildman–Crippen LogP) is 2.97. The summed E-state index contributed by atoms with van der Waals surface area (Å²) in [5.74, 6) is 5.09. The molecule has 0 amide bonds. The third kappa shape index (κ3) is 4.19. The summed E-state index contributed by atoms with van der Waals surface area (Å²) in [6.45, 7) is 2.25. The van der Waals surface area contributed by atoms with Crippen molar-refractivity contribution in [1.82, 2.24) is 10.3 Å². The zero-order valence-electron chi connectivity index (χ0n) is 10.3. The minimum atomic E-state index is 0.474. The maximum absolute atomic E-state index is 4.09. The monoisotopic (exact) mass is 268 g/mol. The van der Waals surface area contributed by atoms with Crippen LogP contribution in [-0.4, -0.2) is 34.0 Å². The van der Waals surface area contributed by atoms with Crippen LogP contribution in [0.1, 0.15) is 24.9 Å². The van der Waals surface area contributed by atoms with Gasteiger partial charge in [0.15, 0.2) is 0 Å². The highest BCUT2D eigenvalue weighted by Crippen LogP contribution is 2.21. The van der Waals surface area contributed by atoms with Crippen molar-refractivity contribution in [2.45, 2.75) is 25.4 Å². The molecule has 0 spiro atoms. The van der Waals surface area contributed by atoms with Crippen molar-refractivity contribution in [3.8, 4) is 0 Å². The number of thioether (sulfide) groups is 2. The lowest BCUT2D eigenvalue weighted by Crippen LogP contribution is -2.36. The summed E-state index contributed by atoms with van der Waals surface area (Å²) in [5.41, 5.74) is 1.36. The van der Waals surface area contributed by atoms with Gasteiger partial charge in [-0.25, -0.2) is 0 Å². The molecule has 1 atom stereocenters. The smallest absolute Gasteiger partial charge is 0.0321 e. The van der Waals surface area contributed by atoms with Gasteiger partial charge in [0.2, 0.25) is 0 Å². The maximum atomic E-state index is 4.09. The van der Waals surface area contributed by atoms with Crippen LogP contribution in [0.3, 0.4) is 0 Å². The molecule has 0 aromatic carbocycles. The van der Waals surface area contributed by atoms with Gasteiger partial charge >= 0.3 is 0 Å². The lowest BCUT2D eigenvalue weighted by Gasteiger charge is -2.23. The molecule has 2 heterocycles. The van der Waals surface area contributed by atoms with Gasteiger partial charge < -0.3 is 5.32 Å². The van der Waals surface area contributed by atoms with E-state index in [2.05, 4.69) is 52.9 Å². The van der Waals surface area contributed by atoms with Crippen LogP contribution in [0.25, 0.3) is 0 Å². The molecule has 1 N–H and O–H groups in total. The fourth-order valence-corrected chi connectivity index (χ4v) is 4.47. The molecule has 4 heteroatoms. The number of hydrogen-bond acceptors (Lipinski definition) is 4. The van der Waals surface area contributed by atoms with E-state index in [0.29, 0.717) is 12.1 Å². The Morgan fingerprint density at radius 2 is 1.94 bits per heavy atom. The molecule has 1 aromatic rings. The Morgan fingerprint density at radius 1 is 1.29 bits per heavy atom. The number of hydrogen-bond donors (Lipinski definition) is 1. The summed E-state index contributed by atoms with van der Waals surface area (Å²) in [4.78, 5) is 4.09. The first-order valence-electron chi connectivity index (χ1n) is 6.21. The fraction of sp³-hybridized carbons (Fsp3) is 0.615. The second-order valence-corrected chi connectivity index (χ2v) is 6.55. The largest absolute Gasteiger partial charge is 0.306 e. The molecule has 2 nitrogen and oxygen atoms in total. The average molecular weight is 268 g/mol. The van der Waals surface area contributed by atoms with Crippen molar-refractivity contribution in [1.29, 1.82) is 0 Å². The zero-order valence-corrected chi connectivity index (χ0v) is 11.9. The third-order valence-electron chi connectivity index (χ3n) is 2.96. The highest BCUT2D eigenvalue weighted by atomic mass is 32.2.